The Morgan fingerprint density at radius 3 is 2.06 bits per heavy atom. The first-order valence-electron chi connectivity index (χ1n) is 4.84. The fraction of sp³-hybridized carbons (Fsp3) is 0.333. The third-order valence-corrected chi connectivity index (χ3v) is 2.08. The SMILES string of the molecule is Cc1cc([N+](=O)[O-])c(NCCN)c([N+](=O)[O-])c1. The van der Waals surface area contributed by atoms with E-state index >= 15 is 0 Å². The Bertz CT molecular complexity index is 425. The van der Waals surface area contributed by atoms with Gasteiger partial charge in [-0.2, -0.15) is 0 Å². The molecule has 8 nitrogen and oxygen atoms in total. The standard InChI is InChI=1S/C9H12N4O4/c1-6-4-7(12(14)15)9(11-3-2-10)8(5-6)13(16)17/h4-5,11H,2-3,10H2,1H3. The summed E-state index contributed by atoms with van der Waals surface area (Å²) >= 11 is 0. The van der Waals surface area contributed by atoms with E-state index in [1.807, 2.05) is 0 Å². The molecule has 92 valence electrons. The van der Waals surface area contributed by atoms with Gasteiger partial charge < -0.3 is 11.1 Å². The Morgan fingerprint density at radius 2 is 1.71 bits per heavy atom. The average molecular weight is 240 g/mol. The van der Waals surface area contributed by atoms with E-state index in [-0.39, 0.29) is 30.2 Å². The predicted octanol–water partition coefficient (Wildman–Crippen LogP) is 1.18. The van der Waals surface area contributed by atoms with Crippen LogP contribution in [0.2, 0.25) is 0 Å². The van der Waals surface area contributed by atoms with Crippen LogP contribution in [0.1, 0.15) is 5.56 Å². The predicted molar refractivity (Wildman–Crippen MR) is 62.0 cm³/mol. The number of nitrogens with two attached hydrogens (primary N) is 1. The van der Waals surface area contributed by atoms with Gasteiger partial charge in [-0.1, -0.05) is 0 Å². The summed E-state index contributed by atoms with van der Waals surface area (Å²) in [5.41, 5.74) is 4.99. The number of hydrogen-bond acceptors (Lipinski definition) is 6. The molecule has 1 rings (SSSR count). The average Bonchev–Trinajstić information content (AvgIpc) is 2.26. The maximum atomic E-state index is 10.8. The Balaban J connectivity index is 3.36. The maximum Gasteiger partial charge on any atom is 0.299 e. The fourth-order valence-electron chi connectivity index (χ4n) is 1.41. The number of nitrogens with zero attached hydrogens (tertiary/aromatic N) is 2. The molecule has 0 aliphatic heterocycles. The van der Waals surface area contributed by atoms with Gasteiger partial charge in [0, 0.05) is 25.2 Å². The van der Waals surface area contributed by atoms with E-state index in [0.717, 1.165) is 0 Å². The number of benzene rings is 1. The molecule has 0 fully saturated rings. The van der Waals surface area contributed by atoms with E-state index in [9.17, 15) is 20.2 Å². The van der Waals surface area contributed by atoms with Gasteiger partial charge in [0.1, 0.15) is 0 Å². The summed E-state index contributed by atoms with van der Waals surface area (Å²) in [7, 11) is 0. The highest BCUT2D eigenvalue weighted by Crippen LogP contribution is 2.35. The van der Waals surface area contributed by atoms with Crippen LogP contribution in [0, 0.1) is 27.2 Å². The molecule has 0 saturated carbocycles. The molecule has 0 aromatic heterocycles. The first kappa shape index (κ1) is 12.8. The van der Waals surface area contributed by atoms with Gasteiger partial charge in [0.25, 0.3) is 11.4 Å². The molecule has 3 N–H and O–H groups in total. The summed E-state index contributed by atoms with van der Waals surface area (Å²) in [6.07, 6.45) is 0. The topological polar surface area (TPSA) is 124 Å². The van der Waals surface area contributed by atoms with Crippen molar-refractivity contribution in [2.75, 3.05) is 18.4 Å². The molecule has 17 heavy (non-hydrogen) atoms. The van der Waals surface area contributed by atoms with Crippen molar-refractivity contribution in [2.24, 2.45) is 5.73 Å². The molecule has 0 aliphatic rings. The second-order valence-corrected chi connectivity index (χ2v) is 3.41. The first-order chi connectivity index (χ1) is 7.97. The van der Waals surface area contributed by atoms with E-state index < -0.39 is 9.85 Å². The van der Waals surface area contributed by atoms with E-state index in [0.29, 0.717) is 5.56 Å². The summed E-state index contributed by atoms with van der Waals surface area (Å²) in [6, 6.07) is 2.57. The van der Waals surface area contributed by atoms with Crippen molar-refractivity contribution >= 4 is 17.1 Å². The van der Waals surface area contributed by atoms with Crippen molar-refractivity contribution in [1.29, 1.82) is 0 Å². The van der Waals surface area contributed by atoms with Crippen LogP contribution in [-0.2, 0) is 0 Å². The highest BCUT2D eigenvalue weighted by atomic mass is 16.6. The smallest absolute Gasteiger partial charge is 0.299 e. The van der Waals surface area contributed by atoms with Gasteiger partial charge in [0.05, 0.1) is 9.85 Å². The molecular formula is C9H12N4O4. The molecule has 8 heteroatoms. The van der Waals surface area contributed by atoms with Gasteiger partial charge in [-0.05, 0) is 12.5 Å². The van der Waals surface area contributed by atoms with Crippen molar-refractivity contribution in [1.82, 2.24) is 0 Å². The lowest BCUT2D eigenvalue weighted by Crippen LogP contribution is -2.15. The zero-order valence-corrected chi connectivity index (χ0v) is 9.17. The van der Waals surface area contributed by atoms with Gasteiger partial charge >= 0.3 is 0 Å². The second-order valence-electron chi connectivity index (χ2n) is 3.41. The molecule has 1 aromatic carbocycles. The third kappa shape index (κ3) is 2.88. The Hall–Kier alpha value is -2.22. The largest absolute Gasteiger partial charge is 0.373 e. The molecule has 0 aliphatic carbocycles. The highest BCUT2D eigenvalue weighted by molar-refractivity contribution is 5.74. The summed E-state index contributed by atoms with van der Waals surface area (Å²) in [6.45, 7) is 2.01. The number of rotatable bonds is 5. The van der Waals surface area contributed by atoms with Crippen LogP contribution in [0.15, 0.2) is 12.1 Å². The first-order valence-corrected chi connectivity index (χ1v) is 4.84. The molecule has 0 radical (unpaired) electrons. The Morgan fingerprint density at radius 1 is 1.24 bits per heavy atom. The lowest BCUT2D eigenvalue weighted by atomic mass is 10.1. The molecular weight excluding hydrogens is 228 g/mol. The summed E-state index contributed by atoms with van der Waals surface area (Å²) in [5, 5.41) is 24.3. The van der Waals surface area contributed by atoms with E-state index in [2.05, 4.69) is 5.32 Å². The quantitative estimate of drug-likeness (QED) is 0.588. The van der Waals surface area contributed by atoms with Gasteiger partial charge in [-0.25, -0.2) is 0 Å². The van der Waals surface area contributed by atoms with Crippen LogP contribution >= 0.6 is 0 Å². The highest BCUT2D eigenvalue weighted by Gasteiger charge is 2.25. The zero-order chi connectivity index (χ0) is 13.0. The molecule has 0 bridgehead atoms. The van der Waals surface area contributed by atoms with Crippen molar-refractivity contribution in [3.05, 3.63) is 37.9 Å². The third-order valence-electron chi connectivity index (χ3n) is 2.08. The van der Waals surface area contributed by atoms with Crippen LogP contribution in [-0.4, -0.2) is 22.9 Å². The maximum absolute atomic E-state index is 10.8. The minimum Gasteiger partial charge on any atom is -0.373 e. The van der Waals surface area contributed by atoms with E-state index in [1.165, 1.54) is 12.1 Å². The van der Waals surface area contributed by atoms with E-state index in [4.69, 9.17) is 5.73 Å². The molecule has 0 unspecified atom stereocenters. The number of hydrogen-bond donors (Lipinski definition) is 2. The van der Waals surface area contributed by atoms with Crippen molar-refractivity contribution in [3.8, 4) is 0 Å². The minimum absolute atomic E-state index is 0.101. The number of nitro benzene ring substituents is 2. The van der Waals surface area contributed by atoms with Crippen LogP contribution < -0.4 is 11.1 Å². The molecule has 0 saturated heterocycles. The van der Waals surface area contributed by atoms with Crippen LogP contribution in [0.4, 0.5) is 17.1 Å². The molecule has 0 atom stereocenters. The normalized spacial score (nSPS) is 10.0. The number of nitrogens with one attached hydrogen (secondary N) is 1. The summed E-state index contributed by atoms with van der Waals surface area (Å²) in [4.78, 5) is 20.3. The minimum atomic E-state index is -0.654. The summed E-state index contributed by atoms with van der Waals surface area (Å²) in [5.74, 6) is 0. The van der Waals surface area contributed by atoms with Crippen LogP contribution in [0.5, 0.6) is 0 Å². The van der Waals surface area contributed by atoms with E-state index in [1.54, 1.807) is 6.92 Å². The molecule has 0 spiro atoms. The number of anilines is 1. The second kappa shape index (κ2) is 5.21. The Labute approximate surface area is 96.7 Å². The fourth-order valence-corrected chi connectivity index (χ4v) is 1.41. The molecule has 0 amide bonds. The molecule has 0 heterocycles. The van der Waals surface area contributed by atoms with Crippen molar-refractivity contribution < 1.29 is 9.85 Å². The monoisotopic (exact) mass is 240 g/mol. The van der Waals surface area contributed by atoms with Gasteiger partial charge in [-0.3, -0.25) is 20.2 Å². The van der Waals surface area contributed by atoms with Crippen LogP contribution in [0.3, 0.4) is 0 Å². The molecule has 1 aromatic rings. The lowest BCUT2D eigenvalue weighted by molar-refractivity contribution is -0.392. The number of nitro groups is 2. The lowest BCUT2D eigenvalue weighted by Gasteiger charge is -2.07. The van der Waals surface area contributed by atoms with Crippen molar-refractivity contribution in [2.45, 2.75) is 6.92 Å². The van der Waals surface area contributed by atoms with Gasteiger partial charge in [-0.15, -0.1) is 0 Å². The summed E-state index contributed by atoms with van der Waals surface area (Å²) < 4.78 is 0. The van der Waals surface area contributed by atoms with Gasteiger partial charge in [0.15, 0.2) is 5.69 Å². The van der Waals surface area contributed by atoms with Crippen molar-refractivity contribution in [3.63, 3.8) is 0 Å². The zero-order valence-electron chi connectivity index (χ0n) is 9.17. The van der Waals surface area contributed by atoms with Crippen LogP contribution in [0.25, 0.3) is 0 Å². The number of aryl methyl sites for hydroxylation is 1. The van der Waals surface area contributed by atoms with Gasteiger partial charge in [0.2, 0.25) is 0 Å². The Kier molecular flexibility index (Phi) is 3.94.